The summed E-state index contributed by atoms with van der Waals surface area (Å²) in [4.78, 5) is 14.9. The van der Waals surface area contributed by atoms with Crippen LogP contribution in [-0.4, -0.2) is 38.3 Å². The molecule has 0 unspecified atom stereocenters. The molecule has 0 aromatic heterocycles. The van der Waals surface area contributed by atoms with E-state index in [1.54, 1.807) is 12.1 Å². The lowest BCUT2D eigenvalue weighted by Crippen LogP contribution is -2.36. The molecule has 0 aliphatic carbocycles. The predicted octanol–water partition coefficient (Wildman–Crippen LogP) is 4.72. The molecule has 2 aromatic carbocycles. The van der Waals surface area contributed by atoms with Crippen molar-refractivity contribution in [2.24, 2.45) is 0 Å². The second-order valence-electron chi connectivity index (χ2n) is 6.58. The van der Waals surface area contributed by atoms with Crippen LogP contribution in [-0.2, 0) is 4.74 Å². The molecule has 5 nitrogen and oxygen atoms in total. The van der Waals surface area contributed by atoms with Gasteiger partial charge in [0.15, 0.2) is 0 Å². The summed E-state index contributed by atoms with van der Waals surface area (Å²) in [7, 11) is 0. The van der Waals surface area contributed by atoms with Crippen molar-refractivity contribution in [3.8, 4) is 5.75 Å². The maximum atomic E-state index is 12.6. The van der Waals surface area contributed by atoms with E-state index in [0.29, 0.717) is 11.3 Å². The smallest absolute Gasteiger partial charge is 0.255 e. The number of morpholine rings is 1. The van der Waals surface area contributed by atoms with Gasteiger partial charge in [0.25, 0.3) is 5.91 Å². The molecule has 3 rings (SSSR count). The highest BCUT2D eigenvalue weighted by atomic mass is 79.9. The van der Waals surface area contributed by atoms with Crippen LogP contribution in [0.3, 0.4) is 0 Å². The van der Waals surface area contributed by atoms with E-state index < -0.39 is 0 Å². The van der Waals surface area contributed by atoms with Gasteiger partial charge in [-0.3, -0.25) is 4.79 Å². The molecular formula is C21H25BrN2O3. The van der Waals surface area contributed by atoms with Crippen LogP contribution >= 0.6 is 15.9 Å². The zero-order chi connectivity index (χ0) is 19.2. The van der Waals surface area contributed by atoms with Gasteiger partial charge in [-0.25, -0.2) is 0 Å². The predicted molar refractivity (Wildman–Crippen MR) is 112 cm³/mol. The summed E-state index contributed by atoms with van der Waals surface area (Å²) in [5, 5.41) is 2.96. The molecule has 0 radical (unpaired) electrons. The highest BCUT2D eigenvalue weighted by molar-refractivity contribution is 9.10. The minimum atomic E-state index is -0.157. The van der Waals surface area contributed by atoms with Crippen molar-refractivity contribution in [2.45, 2.75) is 26.4 Å². The van der Waals surface area contributed by atoms with Gasteiger partial charge in [0.05, 0.1) is 25.0 Å². The molecule has 1 N–H and O–H groups in total. The largest absolute Gasteiger partial charge is 0.491 e. The number of amides is 1. The van der Waals surface area contributed by atoms with Gasteiger partial charge in [0.2, 0.25) is 0 Å². The third kappa shape index (κ3) is 5.23. The van der Waals surface area contributed by atoms with E-state index in [4.69, 9.17) is 9.47 Å². The summed E-state index contributed by atoms with van der Waals surface area (Å²) in [6.07, 6.45) is 1.03. The Balaban J connectivity index is 1.69. The highest BCUT2D eigenvalue weighted by Gasteiger charge is 2.15. The van der Waals surface area contributed by atoms with Crippen LogP contribution in [0.4, 0.5) is 11.4 Å². The lowest BCUT2D eigenvalue weighted by atomic mass is 10.2. The Bertz CT molecular complexity index is 791. The second-order valence-corrected chi connectivity index (χ2v) is 7.44. The molecule has 1 aliphatic rings. The number of rotatable bonds is 6. The van der Waals surface area contributed by atoms with E-state index in [1.165, 1.54) is 0 Å². The van der Waals surface area contributed by atoms with Gasteiger partial charge in [-0.2, -0.15) is 0 Å². The minimum absolute atomic E-state index is 0.118. The number of halogens is 1. The zero-order valence-electron chi connectivity index (χ0n) is 15.7. The van der Waals surface area contributed by atoms with Crippen molar-refractivity contribution in [2.75, 3.05) is 36.5 Å². The molecule has 1 saturated heterocycles. The van der Waals surface area contributed by atoms with Crippen LogP contribution in [0.2, 0.25) is 0 Å². The van der Waals surface area contributed by atoms with Crippen LogP contribution < -0.4 is 15.0 Å². The molecule has 1 fully saturated rings. The third-order valence-electron chi connectivity index (χ3n) is 4.57. The maximum absolute atomic E-state index is 12.6. The fraction of sp³-hybridized carbons (Fsp3) is 0.381. The van der Waals surface area contributed by atoms with E-state index in [-0.39, 0.29) is 12.0 Å². The van der Waals surface area contributed by atoms with Gasteiger partial charge in [-0.05, 0) is 65.7 Å². The number of carbonyl (C=O) groups is 1. The van der Waals surface area contributed by atoms with E-state index in [0.717, 1.165) is 48.6 Å². The summed E-state index contributed by atoms with van der Waals surface area (Å²) in [6, 6.07) is 13.2. The normalized spacial score (nSPS) is 15.3. The Hall–Kier alpha value is -2.05. The first-order valence-electron chi connectivity index (χ1n) is 9.27. The Morgan fingerprint density at radius 1 is 1.26 bits per heavy atom. The lowest BCUT2D eigenvalue weighted by molar-refractivity contribution is 0.102. The van der Waals surface area contributed by atoms with Crippen LogP contribution in [0.1, 0.15) is 30.6 Å². The number of nitrogens with zero attached hydrogens (tertiary/aromatic N) is 1. The molecule has 1 heterocycles. The van der Waals surface area contributed by atoms with Gasteiger partial charge in [0.1, 0.15) is 5.75 Å². The number of anilines is 2. The molecule has 27 heavy (non-hydrogen) atoms. The molecule has 6 heteroatoms. The SMILES string of the molecule is CC[C@H](C)Oc1cccc(C(=O)Nc2ccc(N3CCOCC3)c(Br)c2)c1. The minimum Gasteiger partial charge on any atom is -0.491 e. The van der Waals surface area contributed by atoms with Gasteiger partial charge < -0.3 is 19.7 Å². The fourth-order valence-corrected chi connectivity index (χ4v) is 3.50. The number of nitrogens with one attached hydrogen (secondary N) is 1. The first-order valence-corrected chi connectivity index (χ1v) is 10.1. The molecule has 0 spiro atoms. The standard InChI is InChI=1S/C21H25BrN2O3/c1-3-15(2)27-18-6-4-5-16(13-18)21(25)23-17-7-8-20(19(22)14-17)24-9-11-26-12-10-24/h4-8,13-15H,3,9-12H2,1-2H3,(H,23,25)/t15-/m0/s1. The van der Waals surface area contributed by atoms with Crippen molar-refractivity contribution in [3.05, 3.63) is 52.5 Å². The summed E-state index contributed by atoms with van der Waals surface area (Å²) in [5.74, 6) is 0.552. The fourth-order valence-electron chi connectivity index (χ4n) is 2.87. The van der Waals surface area contributed by atoms with E-state index in [1.807, 2.05) is 37.3 Å². The number of ether oxygens (including phenoxy) is 2. The molecule has 0 saturated carbocycles. The highest BCUT2D eigenvalue weighted by Crippen LogP contribution is 2.30. The van der Waals surface area contributed by atoms with Gasteiger partial charge in [-0.1, -0.05) is 13.0 Å². The van der Waals surface area contributed by atoms with Gasteiger partial charge >= 0.3 is 0 Å². The average Bonchev–Trinajstić information content (AvgIpc) is 2.69. The molecular weight excluding hydrogens is 408 g/mol. The Morgan fingerprint density at radius 3 is 2.74 bits per heavy atom. The van der Waals surface area contributed by atoms with Crippen molar-refractivity contribution in [3.63, 3.8) is 0 Å². The number of benzene rings is 2. The van der Waals surface area contributed by atoms with Gasteiger partial charge in [-0.15, -0.1) is 0 Å². The summed E-state index contributed by atoms with van der Waals surface area (Å²) in [5.41, 5.74) is 2.43. The summed E-state index contributed by atoms with van der Waals surface area (Å²) in [6.45, 7) is 7.29. The third-order valence-corrected chi connectivity index (χ3v) is 5.20. The van der Waals surface area contributed by atoms with Gasteiger partial charge in [0, 0.05) is 28.8 Å². The van der Waals surface area contributed by atoms with Crippen LogP contribution in [0, 0.1) is 0 Å². The molecule has 2 aromatic rings. The van der Waals surface area contributed by atoms with E-state index in [2.05, 4.69) is 33.1 Å². The van der Waals surface area contributed by atoms with Crippen molar-refractivity contribution in [1.82, 2.24) is 0 Å². The van der Waals surface area contributed by atoms with Crippen LogP contribution in [0.25, 0.3) is 0 Å². The first-order chi connectivity index (χ1) is 13.1. The topological polar surface area (TPSA) is 50.8 Å². The quantitative estimate of drug-likeness (QED) is 0.717. The summed E-state index contributed by atoms with van der Waals surface area (Å²) >= 11 is 3.62. The number of hydrogen-bond acceptors (Lipinski definition) is 4. The maximum Gasteiger partial charge on any atom is 0.255 e. The molecule has 144 valence electrons. The lowest BCUT2D eigenvalue weighted by Gasteiger charge is -2.29. The van der Waals surface area contributed by atoms with E-state index >= 15 is 0 Å². The molecule has 1 aliphatic heterocycles. The van der Waals surface area contributed by atoms with Crippen LogP contribution in [0.5, 0.6) is 5.75 Å². The molecule has 0 bridgehead atoms. The first kappa shape index (κ1) is 19.7. The average molecular weight is 433 g/mol. The Morgan fingerprint density at radius 2 is 2.04 bits per heavy atom. The van der Waals surface area contributed by atoms with E-state index in [9.17, 15) is 4.79 Å². The van der Waals surface area contributed by atoms with Crippen LogP contribution in [0.15, 0.2) is 46.9 Å². The number of hydrogen-bond donors (Lipinski definition) is 1. The van der Waals surface area contributed by atoms with Crippen molar-refractivity contribution >= 4 is 33.2 Å². The molecule has 1 amide bonds. The van der Waals surface area contributed by atoms with Crippen molar-refractivity contribution in [1.29, 1.82) is 0 Å². The monoisotopic (exact) mass is 432 g/mol. The second kappa shape index (κ2) is 9.24. The van der Waals surface area contributed by atoms with Crippen molar-refractivity contribution < 1.29 is 14.3 Å². The zero-order valence-corrected chi connectivity index (χ0v) is 17.3. The number of carbonyl (C=O) groups excluding carboxylic acids is 1. The summed E-state index contributed by atoms with van der Waals surface area (Å²) < 4.78 is 12.2. The Kier molecular flexibility index (Phi) is 6.74. The molecule has 1 atom stereocenters. The Labute approximate surface area is 168 Å².